The molecule has 13 rings (SSSR count). The van der Waals surface area contributed by atoms with Crippen LogP contribution in [0.2, 0.25) is 0 Å². The lowest BCUT2D eigenvalue weighted by molar-refractivity contribution is 1.07. The predicted octanol–water partition coefficient (Wildman–Crippen LogP) is 14.8. The van der Waals surface area contributed by atoms with Gasteiger partial charge in [0.1, 0.15) is 0 Å². The Labute approximate surface area is 454 Å². The average molecular weight is 1010 g/mol. The summed E-state index contributed by atoms with van der Waals surface area (Å²) in [5.74, 6) is 1.70. The van der Waals surface area contributed by atoms with E-state index in [2.05, 4.69) is 197 Å². The molecule has 0 saturated carbocycles. The molecule has 2 heterocycles. The molecule has 0 radical (unpaired) electrons. The molecule has 0 aliphatic heterocycles. The van der Waals surface area contributed by atoms with E-state index in [0.29, 0.717) is 28.7 Å². The van der Waals surface area contributed by atoms with E-state index in [-0.39, 0.29) is 0 Å². The summed E-state index contributed by atoms with van der Waals surface area (Å²) in [7, 11) is -2.96. The fourth-order valence-electron chi connectivity index (χ4n) is 11.2. The second-order valence-corrected chi connectivity index (χ2v) is 23.2. The van der Waals surface area contributed by atoms with Crippen molar-refractivity contribution in [3.8, 4) is 79.3 Å². The van der Waals surface area contributed by atoms with Gasteiger partial charge in [0.15, 0.2) is 31.2 Å². The average Bonchev–Trinajstić information content (AvgIpc) is 4.00. The van der Waals surface area contributed by atoms with Crippen LogP contribution >= 0.6 is 0 Å². The molecule has 0 N–H and O–H groups in total. The van der Waals surface area contributed by atoms with Gasteiger partial charge < -0.3 is 4.57 Å². The zero-order chi connectivity index (χ0) is 52.4. The van der Waals surface area contributed by atoms with Crippen LogP contribution in [0.3, 0.4) is 0 Å². The first-order chi connectivity index (χ1) is 38.5. The Hall–Kier alpha value is -10.6. The number of hydrogen-bond acceptors (Lipinski definition) is 4. The third-order valence-corrected chi connectivity index (χ3v) is 19.6. The van der Waals surface area contributed by atoms with E-state index >= 15 is 0 Å². The summed E-state index contributed by atoms with van der Waals surface area (Å²) in [6.07, 6.45) is 0. The van der Waals surface area contributed by atoms with Crippen molar-refractivity contribution in [1.29, 1.82) is 5.26 Å². The van der Waals surface area contributed by atoms with Gasteiger partial charge in [-0.2, -0.15) is 5.26 Å². The van der Waals surface area contributed by atoms with Crippen LogP contribution in [0.1, 0.15) is 5.56 Å². The highest BCUT2D eigenvalue weighted by Gasteiger charge is 2.41. The number of nitrogens with zero attached hydrogens (tertiary/aromatic N) is 6. The summed E-state index contributed by atoms with van der Waals surface area (Å²) >= 11 is 0. The fraction of sp³-hybridized carbons (Fsp3) is 0. The lowest BCUT2D eigenvalue weighted by Crippen LogP contribution is -2.74. The van der Waals surface area contributed by atoms with Gasteiger partial charge in [0.2, 0.25) is 0 Å². The number of nitriles is 1. The number of rotatable bonds is 11. The van der Waals surface area contributed by atoms with Gasteiger partial charge in [0, 0.05) is 33.0 Å². The standard InChI is InChI=1S/C71H46N6Si/c1-73-58-28-18-26-53(43-58)55-37-41-65-64-40-36-54(52-25-17-20-49(42-52)48-72)45-67(64)77(68(65)46-55)66-47-57(71-75-69(50-21-7-2-8-22-50)74-70(76-71)51-23-9-3-10-24-51)38-39-63(66)56-27-19-35-62(44-56)78(59-29-11-4-12-30-59,60-31-13-5-14-32-60)61-33-15-6-16-34-61/h2-47H. The molecule has 0 atom stereocenters. The summed E-state index contributed by atoms with van der Waals surface area (Å²) in [5, 5.41) is 17.3. The smallest absolute Gasteiger partial charge is 0.187 e. The Morgan fingerprint density at radius 3 is 1.31 bits per heavy atom. The van der Waals surface area contributed by atoms with Crippen molar-refractivity contribution < 1.29 is 0 Å². The second kappa shape index (κ2) is 20.3. The van der Waals surface area contributed by atoms with Crippen molar-refractivity contribution in [2.24, 2.45) is 0 Å². The Morgan fingerprint density at radius 1 is 0.359 bits per heavy atom. The number of aromatic nitrogens is 4. The Morgan fingerprint density at radius 2 is 0.782 bits per heavy atom. The SMILES string of the molecule is [C-]#[N+]c1cccc(-c2ccc3c4ccc(-c5cccc(C#N)c5)cc4n(-c4cc(-c5nc(-c6ccccc6)nc(-c6ccccc6)n5)ccc4-c4cccc([Si](c5ccccc5)(c5ccccc5)c5ccccc5)c4)c3c2)c1. The summed E-state index contributed by atoms with van der Waals surface area (Å²) in [6.45, 7) is 7.88. The minimum atomic E-state index is -2.96. The van der Waals surface area contributed by atoms with Crippen LogP contribution in [-0.2, 0) is 0 Å². The van der Waals surface area contributed by atoms with E-state index in [1.807, 2.05) is 97.1 Å². The van der Waals surface area contributed by atoms with Gasteiger partial charge in [0.25, 0.3) is 0 Å². The number of hydrogen-bond donors (Lipinski definition) is 0. The molecular formula is C71H46N6Si. The van der Waals surface area contributed by atoms with Gasteiger partial charge in [-0.3, -0.25) is 0 Å². The quantitative estimate of drug-likeness (QED) is 0.0735. The molecule has 0 aliphatic rings. The van der Waals surface area contributed by atoms with Crippen LogP contribution < -0.4 is 20.7 Å². The van der Waals surface area contributed by atoms with Gasteiger partial charge in [-0.25, -0.2) is 19.8 Å². The van der Waals surface area contributed by atoms with Crippen molar-refractivity contribution in [3.05, 3.63) is 296 Å². The third kappa shape index (κ3) is 8.53. The summed E-state index contributed by atoms with van der Waals surface area (Å²) < 4.78 is 2.39. The van der Waals surface area contributed by atoms with Crippen molar-refractivity contribution in [1.82, 2.24) is 19.5 Å². The number of benzene rings is 11. The molecule has 2 aromatic heterocycles. The van der Waals surface area contributed by atoms with Crippen LogP contribution in [0, 0.1) is 17.9 Å². The molecule has 11 aromatic carbocycles. The van der Waals surface area contributed by atoms with Crippen molar-refractivity contribution >= 4 is 56.3 Å². The molecule has 0 bridgehead atoms. The molecule has 78 heavy (non-hydrogen) atoms. The lowest BCUT2D eigenvalue weighted by Gasteiger charge is -2.34. The summed E-state index contributed by atoms with van der Waals surface area (Å²) in [4.78, 5) is 19.4. The maximum Gasteiger partial charge on any atom is 0.187 e. The topological polar surface area (TPSA) is 71.8 Å². The molecule has 7 heteroatoms. The fourth-order valence-corrected chi connectivity index (χ4v) is 16.0. The zero-order valence-electron chi connectivity index (χ0n) is 42.2. The third-order valence-electron chi connectivity index (χ3n) is 14.8. The normalized spacial score (nSPS) is 11.3. The van der Waals surface area contributed by atoms with E-state index < -0.39 is 8.07 Å². The van der Waals surface area contributed by atoms with Gasteiger partial charge in [0.05, 0.1) is 34.9 Å². The molecule has 0 aliphatic carbocycles. The van der Waals surface area contributed by atoms with E-state index in [1.165, 1.54) is 20.7 Å². The van der Waals surface area contributed by atoms with E-state index in [9.17, 15) is 5.26 Å². The first-order valence-electron chi connectivity index (χ1n) is 25.9. The largest absolute Gasteiger partial charge is 0.309 e. The molecule has 13 aromatic rings. The highest BCUT2D eigenvalue weighted by molar-refractivity contribution is 7.19. The molecule has 0 fully saturated rings. The van der Waals surface area contributed by atoms with Crippen LogP contribution in [-0.4, -0.2) is 27.6 Å². The highest BCUT2D eigenvalue weighted by Crippen LogP contribution is 2.41. The van der Waals surface area contributed by atoms with Crippen LogP contribution in [0.15, 0.2) is 279 Å². The number of fused-ring (bicyclic) bond motifs is 3. The second-order valence-electron chi connectivity index (χ2n) is 19.4. The van der Waals surface area contributed by atoms with Crippen LogP contribution in [0.4, 0.5) is 5.69 Å². The van der Waals surface area contributed by atoms with E-state index in [0.717, 1.165) is 77.6 Å². The molecule has 364 valence electrons. The molecule has 0 amide bonds. The Balaban J connectivity index is 1.13. The monoisotopic (exact) mass is 1010 g/mol. The Bertz CT molecular complexity index is 4180. The maximum atomic E-state index is 10.0. The Kier molecular flexibility index (Phi) is 12.3. The van der Waals surface area contributed by atoms with Gasteiger partial charge in [-0.15, -0.1) is 0 Å². The highest BCUT2D eigenvalue weighted by atomic mass is 28.3. The first kappa shape index (κ1) is 47.2. The minimum Gasteiger partial charge on any atom is -0.309 e. The lowest BCUT2D eigenvalue weighted by atomic mass is 10.00. The van der Waals surface area contributed by atoms with Crippen molar-refractivity contribution in [2.45, 2.75) is 0 Å². The van der Waals surface area contributed by atoms with Crippen molar-refractivity contribution in [2.75, 3.05) is 0 Å². The van der Waals surface area contributed by atoms with Gasteiger partial charge >= 0.3 is 0 Å². The predicted molar refractivity (Wildman–Crippen MR) is 321 cm³/mol. The van der Waals surface area contributed by atoms with E-state index in [4.69, 9.17) is 21.5 Å². The molecule has 6 nitrogen and oxygen atoms in total. The first-order valence-corrected chi connectivity index (χ1v) is 27.9. The van der Waals surface area contributed by atoms with Crippen LogP contribution in [0.25, 0.3) is 99.9 Å². The van der Waals surface area contributed by atoms with Gasteiger partial charge in [-0.05, 0) is 85.0 Å². The zero-order valence-corrected chi connectivity index (χ0v) is 43.2. The molecule has 0 spiro atoms. The molecule has 0 unspecified atom stereocenters. The minimum absolute atomic E-state index is 0.541. The summed E-state index contributed by atoms with van der Waals surface area (Å²) in [6, 6.07) is 100. The van der Waals surface area contributed by atoms with Gasteiger partial charge in [-0.1, -0.05) is 243 Å². The van der Waals surface area contributed by atoms with Crippen LogP contribution in [0.5, 0.6) is 0 Å². The maximum absolute atomic E-state index is 10.0. The van der Waals surface area contributed by atoms with Crippen molar-refractivity contribution in [3.63, 3.8) is 0 Å². The van der Waals surface area contributed by atoms with E-state index in [1.54, 1.807) is 0 Å². The molecular weight excluding hydrogens is 965 g/mol. The summed E-state index contributed by atoms with van der Waals surface area (Å²) in [5.41, 5.74) is 12.6. The molecule has 0 saturated heterocycles.